The number of ether oxygens (including phenoxy) is 1. The summed E-state index contributed by atoms with van der Waals surface area (Å²) in [7, 11) is 0. The molecule has 0 aliphatic heterocycles. The van der Waals surface area contributed by atoms with Crippen molar-refractivity contribution in [3.05, 3.63) is 52.5 Å². The molecule has 2 rings (SSSR count). The van der Waals surface area contributed by atoms with E-state index in [1.165, 1.54) is 12.1 Å². The summed E-state index contributed by atoms with van der Waals surface area (Å²) in [6.45, 7) is -1.03. The molecule has 1 amide bonds. The standard InChI is InChI=1S/C16H15BrF2N2O2/c1-10-8-11(17)6-7-12(10)20-9-15(22)21-13-4-2-3-5-14(13)23-16(18)19/h2-8,16,20H,9H2,1H3,(H,21,22). The molecule has 2 aromatic rings. The zero-order valence-electron chi connectivity index (χ0n) is 12.3. The second-order valence-electron chi connectivity index (χ2n) is 4.74. The molecule has 0 aliphatic rings. The highest BCUT2D eigenvalue weighted by Crippen LogP contribution is 2.25. The number of nitrogens with one attached hydrogen (secondary N) is 2. The molecule has 7 heteroatoms. The predicted octanol–water partition coefficient (Wildman–Crippen LogP) is 4.41. The van der Waals surface area contributed by atoms with Gasteiger partial charge in [0.05, 0.1) is 12.2 Å². The fourth-order valence-electron chi connectivity index (χ4n) is 1.96. The average Bonchev–Trinajstić information content (AvgIpc) is 2.48. The molecule has 0 fully saturated rings. The summed E-state index contributed by atoms with van der Waals surface area (Å²) in [6, 6.07) is 11.7. The van der Waals surface area contributed by atoms with Crippen LogP contribution in [0.3, 0.4) is 0 Å². The summed E-state index contributed by atoms with van der Waals surface area (Å²) in [5, 5.41) is 5.55. The van der Waals surface area contributed by atoms with Gasteiger partial charge in [-0.25, -0.2) is 0 Å². The molecule has 2 aromatic carbocycles. The topological polar surface area (TPSA) is 50.4 Å². The normalized spacial score (nSPS) is 10.5. The molecule has 0 unspecified atom stereocenters. The van der Waals surface area contributed by atoms with Crippen molar-refractivity contribution in [3.63, 3.8) is 0 Å². The van der Waals surface area contributed by atoms with E-state index < -0.39 is 6.61 Å². The van der Waals surface area contributed by atoms with Gasteiger partial charge >= 0.3 is 6.61 Å². The lowest BCUT2D eigenvalue weighted by Gasteiger charge is -2.13. The molecule has 0 saturated heterocycles. The third-order valence-electron chi connectivity index (χ3n) is 3.01. The van der Waals surface area contributed by atoms with E-state index in [-0.39, 0.29) is 23.9 Å². The van der Waals surface area contributed by atoms with Crippen molar-refractivity contribution in [3.8, 4) is 5.75 Å². The van der Waals surface area contributed by atoms with Gasteiger partial charge in [0.15, 0.2) is 0 Å². The van der Waals surface area contributed by atoms with Gasteiger partial charge in [-0.2, -0.15) is 8.78 Å². The Kier molecular flexibility index (Phi) is 5.92. The SMILES string of the molecule is Cc1cc(Br)ccc1NCC(=O)Nc1ccccc1OC(F)F. The number of carbonyl (C=O) groups excluding carboxylic acids is 1. The van der Waals surface area contributed by atoms with E-state index in [4.69, 9.17) is 0 Å². The first-order valence-electron chi connectivity index (χ1n) is 6.79. The van der Waals surface area contributed by atoms with Crippen molar-refractivity contribution in [2.45, 2.75) is 13.5 Å². The molecule has 0 heterocycles. The molecule has 0 aliphatic carbocycles. The minimum atomic E-state index is -2.95. The van der Waals surface area contributed by atoms with E-state index in [0.29, 0.717) is 0 Å². The van der Waals surface area contributed by atoms with Crippen LogP contribution in [-0.2, 0) is 4.79 Å². The van der Waals surface area contributed by atoms with Crippen LogP contribution in [0.1, 0.15) is 5.56 Å². The molecule has 2 N–H and O–H groups in total. The van der Waals surface area contributed by atoms with Gasteiger partial charge < -0.3 is 15.4 Å². The molecule has 23 heavy (non-hydrogen) atoms. The number of hydrogen-bond acceptors (Lipinski definition) is 3. The van der Waals surface area contributed by atoms with Gasteiger partial charge in [0, 0.05) is 10.2 Å². The summed E-state index contributed by atoms with van der Waals surface area (Å²) in [5.41, 5.74) is 2.00. The van der Waals surface area contributed by atoms with Crippen LogP contribution in [-0.4, -0.2) is 19.1 Å². The number of amides is 1. The van der Waals surface area contributed by atoms with E-state index in [0.717, 1.165) is 15.7 Å². The number of alkyl halides is 2. The van der Waals surface area contributed by atoms with Gasteiger partial charge in [0.1, 0.15) is 5.75 Å². The number of rotatable bonds is 6. The van der Waals surface area contributed by atoms with Crippen LogP contribution >= 0.6 is 15.9 Å². The molecular formula is C16H15BrF2N2O2. The Morgan fingerprint density at radius 2 is 1.96 bits per heavy atom. The van der Waals surface area contributed by atoms with Crippen LogP contribution in [0, 0.1) is 6.92 Å². The third kappa shape index (κ3) is 5.21. The van der Waals surface area contributed by atoms with Gasteiger partial charge in [-0.15, -0.1) is 0 Å². The lowest BCUT2D eigenvalue weighted by atomic mass is 10.2. The van der Waals surface area contributed by atoms with Crippen LogP contribution in [0.15, 0.2) is 46.9 Å². The molecule has 0 bridgehead atoms. The molecule has 0 radical (unpaired) electrons. The summed E-state index contributed by atoms with van der Waals surface area (Å²) in [5.74, 6) is -0.437. The fraction of sp³-hybridized carbons (Fsp3) is 0.188. The van der Waals surface area contributed by atoms with Crippen molar-refractivity contribution < 1.29 is 18.3 Å². The van der Waals surface area contributed by atoms with Gasteiger partial charge in [0.2, 0.25) is 5.91 Å². The predicted molar refractivity (Wildman–Crippen MR) is 89.1 cm³/mol. The van der Waals surface area contributed by atoms with Gasteiger partial charge in [-0.3, -0.25) is 4.79 Å². The Labute approximate surface area is 141 Å². The number of aryl methyl sites for hydroxylation is 1. The highest BCUT2D eigenvalue weighted by molar-refractivity contribution is 9.10. The minimum absolute atomic E-state index is 0.00544. The third-order valence-corrected chi connectivity index (χ3v) is 3.50. The van der Waals surface area contributed by atoms with Crippen LogP contribution in [0.25, 0.3) is 0 Å². The van der Waals surface area contributed by atoms with Crippen LogP contribution in [0.4, 0.5) is 20.2 Å². The van der Waals surface area contributed by atoms with E-state index in [9.17, 15) is 13.6 Å². The summed E-state index contributed by atoms with van der Waals surface area (Å²) < 4.78 is 30.0. The van der Waals surface area contributed by atoms with E-state index in [1.807, 2.05) is 25.1 Å². The van der Waals surface area contributed by atoms with E-state index in [2.05, 4.69) is 31.3 Å². The Hall–Kier alpha value is -2.15. The Morgan fingerprint density at radius 3 is 2.65 bits per heavy atom. The molecule has 0 aromatic heterocycles. The maximum atomic E-state index is 12.3. The first-order chi connectivity index (χ1) is 11.0. The maximum Gasteiger partial charge on any atom is 0.387 e. The largest absolute Gasteiger partial charge is 0.433 e. The number of benzene rings is 2. The molecule has 0 spiro atoms. The summed E-state index contributed by atoms with van der Waals surface area (Å²) >= 11 is 3.37. The second kappa shape index (κ2) is 7.92. The molecule has 0 atom stereocenters. The maximum absolute atomic E-state index is 12.3. The highest BCUT2D eigenvalue weighted by Gasteiger charge is 2.11. The molecule has 0 saturated carbocycles. The first-order valence-corrected chi connectivity index (χ1v) is 7.58. The molecular weight excluding hydrogens is 370 g/mol. The minimum Gasteiger partial charge on any atom is -0.433 e. The highest BCUT2D eigenvalue weighted by atomic mass is 79.9. The molecule has 122 valence electrons. The van der Waals surface area contributed by atoms with Crippen molar-refractivity contribution in [2.75, 3.05) is 17.2 Å². The van der Waals surface area contributed by atoms with E-state index in [1.54, 1.807) is 12.1 Å². The number of halogens is 3. The Balaban J connectivity index is 1.97. The van der Waals surface area contributed by atoms with Crippen LogP contribution in [0.2, 0.25) is 0 Å². The number of carbonyl (C=O) groups is 1. The Morgan fingerprint density at radius 1 is 1.22 bits per heavy atom. The Bertz CT molecular complexity index is 696. The van der Waals surface area contributed by atoms with Crippen molar-refractivity contribution in [1.82, 2.24) is 0 Å². The zero-order chi connectivity index (χ0) is 16.8. The lowest BCUT2D eigenvalue weighted by molar-refractivity contribution is -0.114. The summed E-state index contributed by atoms with van der Waals surface area (Å²) in [6.07, 6.45) is 0. The van der Waals surface area contributed by atoms with Gasteiger partial charge in [-0.1, -0.05) is 28.1 Å². The van der Waals surface area contributed by atoms with Gasteiger partial charge in [0.25, 0.3) is 0 Å². The van der Waals surface area contributed by atoms with E-state index >= 15 is 0 Å². The van der Waals surface area contributed by atoms with Crippen molar-refractivity contribution in [2.24, 2.45) is 0 Å². The quantitative estimate of drug-likeness (QED) is 0.775. The van der Waals surface area contributed by atoms with Crippen molar-refractivity contribution >= 4 is 33.2 Å². The zero-order valence-corrected chi connectivity index (χ0v) is 13.9. The monoisotopic (exact) mass is 384 g/mol. The second-order valence-corrected chi connectivity index (χ2v) is 5.65. The molecule has 4 nitrogen and oxygen atoms in total. The number of hydrogen-bond donors (Lipinski definition) is 2. The fourth-order valence-corrected chi connectivity index (χ4v) is 2.44. The van der Waals surface area contributed by atoms with Gasteiger partial charge in [-0.05, 0) is 42.8 Å². The van der Waals surface area contributed by atoms with Crippen molar-refractivity contribution in [1.29, 1.82) is 0 Å². The first kappa shape index (κ1) is 17.2. The van der Waals surface area contributed by atoms with Crippen LogP contribution in [0.5, 0.6) is 5.75 Å². The van der Waals surface area contributed by atoms with Crippen LogP contribution < -0.4 is 15.4 Å². The number of anilines is 2. The summed E-state index contributed by atoms with van der Waals surface area (Å²) in [4.78, 5) is 12.0. The lowest BCUT2D eigenvalue weighted by Crippen LogP contribution is -2.22. The average molecular weight is 385 g/mol. The smallest absolute Gasteiger partial charge is 0.387 e. The number of para-hydroxylation sites is 2.